The highest BCUT2D eigenvalue weighted by Gasteiger charge is 2.25. The lowest BCUT2D eigenvalue weighted by atomic mass is 10.0. The lowest BCUT2D eigenvalue weighted by molar-refractivity contribution is 0.354. The first-order valence-electron chi connectivity index (χ1n) is 5.49. The molecule has 0 bridgehead atoms. The third kappa shape index (κ3) is 2.12. The van der Waals surface area contributed by atoms with Crippen molar-refractivity contribution in [3.8, 4) is 5.75 Å². The minimum absolute atomic E-state index is 0.317. The smallest absolute Gasteiger partial charge is 0.127 e. The van der Waals surface area contributed by atoms with Crippen LogP contribution in [0.25, 0.3) is 0 Å². The van der Waals surface area contributed by atoms with Crippen molar-refractivity contribution in [2.24, 2.45) is 0 Å². The molecule has 0 saturated heterocycles. The van der Waals surface area contributed by atoms with Gasteiger partial charge in [-0.25, -0.2) is 0 Å². The zero-order valence-corrected chi connectivity index (χ0v) is 12.3. The molecule has 0 fully saturated rings. The average Bonchev–Trinajstić information content (AvgIpc) is 2.95. The van der Waals surface area contributed by atoms with Crippen LogP contribution in [0.5, 0.6) is 5.75 Å². The maximum atomic E-state index is 6.52. The van der Waals surface area contributed by atoms with Crippen molar-refractivity contribution >= 4 is 46.1 Å². The van der Waals surface area contributed by atoms with Gasteiger partial charge in [0.1, 0.15) is 5.75 Å². The molecule has 1 nitrogen and oxygen atoms in total. The summed E-state index contributed by atoms with van der Waals surface area (Å²) in [6.45, 7) is 0.685. The highest BCUT2D eigenvalue weighted by molar-refractivity contribution is 7.11. The average molecular weight is 320 g/mol. The summed E-state index contributed by atoms with van der Waals surface area (Å²) in [6.07, 6.45) is 0.880. The third-order valence-corrected chi connectivity index (χ3v) is 5.15. The van der Waals surface area contributed by atoms with Gasteiger partial charge in [-0.2, -0.15) is 0 Å². The maximum Gasteiger partial charge on any atom is 0.127 e. The molecule has 2 aromatic rings. The zero-order chi connectivity index (χ0) is 12.7. The van der Waals surface area contributed by atoms with E-state index in [-0.39, 0.29) is 5.38 Å². The molecule has 3 rings (SSSR count). The fraction of sp³-hybridized carbons (Fsp3) is 0.231. The number of ether oxygens (including phenoxy) is 1. The van der Waals surface area contributed by atoms with Crippen molar-refractivity contribution in [3.63, 3.8) is 0 Å². The largest absolute Gasteiger partial charge is 0.493 e. The highest BCUT2D eigenvalue weighted by atomic mass is 35.5. The first kappa shape index (κ1) is 12.6. The lowest BCUT2D eigenvalue weighted by Crippen LogP contribution is -1.96. The standard InChI is InChI=1S/C13H9Cl3OS/c14-8-5-7-1-3-17-12(7)9(6-8)11(16)13-10(15)2-4-18-13/h2,4-6,11H,1,3H2. The SMILES string of the molecule is Clc1cc2c(c(C(Cl)c3sccc3Cl)c1)OCC2. The van der Waals surface area contributed by atoms with E-state index in [0.29, 0.717) is 16.7 Å². The molecule has 0 aliphatic carbocycles. The van der Waals surface area contributed by atoms with E-state index in [2.05, 4.69) is 0 Å². The molecule has 18 heavy (non-hydrogen) atoms. The Hall–Kier alpha value is -0.410. The van der Waals surface area contributed by atoms with Crippen molar-refractivity contribution in [1.29, 1.82) is 0 Å². The van der Waals surface area contributed by atoms with E-state index in [1.807, 2.05) is 23.6 Å². The van der Waals surface area contributed by atoms with Crippen LogP contribution in [-0.4, -0.2) is 6.61 Å². The molecule has 1 aromatic carbocycles. The number of benzene rings is 1. The summed E-state index contributed by atoms with van der Waals surface area (Å²) in [5.41, 5.74) is 2.02. The van der Waals surface area contributed by atoms with Gasteiger partial charge >= 0.3 is 0 Å². The second kappa shape index (κ2) is 4.93. The molecule has 1 aliphatic rings. The summed E-state index contributed by atoms with van der Waals surface area (Å²) in [4.78, 5) is 0.929. The molecule has 2 heterocycles. The van der Waals surface area contributed by atoms with E-state index in [9.17, 15) is 0 Å². The third-order valence-electron chi connectivity index (χ3n) is 2.93. The van der Waals surface area contributed by atoms with Gasteiger partial charge in [-0.1, -0.05) is 23.2 Å². The van der Waals surface area contributed by atoms with E-state index >= 15 is 0 Å². The summed E-state index contributed by atoms with van der Waals surface area (Å²) in [5, 5.41) is 2.99. The molecule has 1 atom stereocenters. The molecule has 1 aliphatic heterocycles. The van der Waals surface area contributed by atoms with Crippen molar-refractivity contribution in [2.75, 3.05) is 6.61 Å². The van der Waals surface area contributed by atoms with Crippen LogP contribution >= 0.6 is 46.1 Å². The molecule has 0 amide bonds. The Balaban J connectivity index is 2.10. The van der Waals surface area contributed by atoms with E-state index < -0.39 is 0 Å². The van der Waals surface area contributed by atoms with Crippen molar-refractivity contribution < 1.29 is 4.74 Å². The second-order valence-corrected chi connectivity index (χ2v) is 6.30. The monoisotopic (exact) mass is 318 g/mol. The van der Waals surface area contributed by atoms with Gasteiger partial charge in [0, 0.05) is 21.9 Å². The fourth-order valence-corrected chi connectivity index (χ4v) is 4.01. The van der Waals surface area contributed by atoms with E-state index in [1.165, 1.54) is 0 Å². The van der Waals surface area contributed by atoms with Gasteiger partial charge in [0.05, 0.1) is 17.0 Å². The quantitative estimate of drug-likeness (QED) is 0.681. The summed E-state index contributed by atoms with van der Waals surface area (Å²) >= 11 is 20.3. The van der Waals surface area contributed by atoms with Gasteiger partial charge in [0.2, 0.25) is 0 Å². The molecule has 0 radical (unpaired) electrons. The van der Waals surface area contributed by atoms with Gasteiger partial charge in [0.25, 0.3) is 0 Å². The zero-order valence-electron chi connectivity index (χ0n) is 9.25. The minimum atomic E-state index is -0.317. The summed E-state index contributed by atoms with van der Waals surface area (Å²) in [5.74, 6) is 0.865. The number of alkyl halides is 1. The first-order chi connectivity index (χ1) is 8.66. The number of halogens is 3. The topological polar surface area (TPSA) is 9.23 Å². The van der Waals surface area contributed by atoms with Gasteiger partial charge in [0.15, 0.2) is 0 Å². The molecule has 5 heteroatoms. The second-order valence-electron chi connectivity index (χ2n) is 4.08. The van der Waals surface area contributed by atoms with Crippen LogP contribution < -0.4 is 4.74 Å². The fourth-order valence-electron chi connectivity index (χ4n) is 2.11. The molecule has 0 N–H and O–H groups in total. The van der Waals surface area contributed by atoms with Crippen LogP contribution in [0.3, 0.4) is 0 Å². The number of hydrogen-bond acceptors (Lipinski definition) is 2. The molecule has 0 saturated carbocycles. The molecular formula is C13H9Cl3OS. The number of rotatable bonds is 2. The van der Waals surface area contributed by atoms with Crippen LogP contribution in [0.1, 0.15) is 21.4 Å². The normalized spacial score (nSPS) is 15.3. The summed E-state index contributed by atoms with van der Waals surface area (Å²) in [7, 11) is 0. The first-order valence-corrected chi connectivity index (χ1v) is 7.56. The number of hydrogen-bond donors (Lipinski definition) is 0. The van der Waals surface area contributed by atoms with Crippen LogP contribution in [0.15, 0.2) is 23.6 Å². The Kier molecular flexibility index (Phi) is 3.46. The van der Waals surface area contributed by atoms with Crippen molar-refractivity contribution in [1.82, 2.24) is 0 Å². The Labute approximate surface area is 124 Å². The summed E-state index contributed by atoms with van der Waals surface area (Å²) in [6, 6.07) is 5.65. The lowest BCUT2D eigenvalue weighted by Gasteiger charge is -2.13. The molecule has 1 unspecified atom stereocenters. The Morgan fingerprint density at radius 2 is 2.11 bits per heavy atom. The van der Waals surface area contributed by atoms with Gasteiger partial charge in [-0.05, 0) is 29.1 Å². The molecule has 1 aromatic heterocycles. The molecular weight excluding hydrogens is 311 g/mol. The Morgan fingerprint density at radius 3 is 2.83 bits per heavy atom. The van der Waals surface area contributed by atoms with E-state index in [0.717, 1.165) is 28.2 Å². The van der Waals surface area contributed by atoms with E-state index in [1.54, 1.807) is 11.3 Å². The van der Waals surface area contributed by atoms with Crippen LogP contribution in [0.2, 0.25) is 10.0 Å². The minimum Gasteiger partial charge on any atom is -0.493 e. The van der Waals surface area contributed by atoms with Gasteiger partial charge in [-0.15, -0.1) is 22.9 Å². The number of thiophene rings is 1. The highest BCUT2D eigenvalue weighted by Crippen LogP contribution is 2.44. The van der Waals surface area contributed by atoms with Crippen molar-refractivity contribution in [2.45, 2.75) is 11.8 Å². The van der Waals surface area contributed by atoms with Crippen molar-refractivity contribution in [3.05, 3.63) is 49.6 Å². The van der Waals surface area contributed by atoms with Crippen LogP contribution in [0, 0.1) is 0 Å². The van der Waals surface area contributed by atoms with E-state index in [4.69, 9.17) is 39.5 Å². The van der Waals surface area contributed by atoms with Crippen LogP contribution in [0.4, 0.5) is 0 Å². The predicted octanol–water partition coefficient (Wildman–Crippen LogP) is 5.32. The summed E-state index contributed by atoms with van der Waals surface area (Å²) < 4.78 is 5.66. The Morgan fingerprint density at radius 1 is 1.28 bits per heavy atom. The van der Waals surface area contributed by atoms with Gasteiger partial charge < -0.3 is 4.74 Å². The maximum absolute atomic E-state index is 6.52. The number of fused-ring (bicyclic) bond motifs is 1. The predicted molar refractivity (Wildman–Crippen MR) is 77.7 cm³/mol. The molecule has 0 spiro atoms. The van der Waals surface area contributed by atoms with Gasteiger partial charge in [-0.3, -0.25) is 0 Å². The van der Waals surface area contributed by atoms with Crippen LogP contribution in [-0.2, 0) is 6.42 Å². The Bertz CT molecular complexity index is 594. The molecule has 94 valence electrons.